The molecule has 114 valence electrons. The molecule has 0 aliphatic rings. The van der Waals surface area contributed by atoms with Crippen LogP contribution in [0.4, 0.5) is 4.39 Å². The molecule has 2 rings (SSSR count). The predicted molar refractivity (Wildman–Crippen MR) is 85.5 cm³/mol. The zero-order valence-corrected chi connectivity index (χ0v) is 14.2. The molecule has 4 nitrogen and oxygen atoms in total. The molecule has 1 aromatic carbocycles. The van der Waals surface area contributed by atoms with Crippen LogP contribution in [0.15, 0.2) is 22.7 Å². The van der Waals surface area contributed by atoms with Gasteiger partial charge in [0.1, 0.15) is 5.82 Å². The van der Waals surface area contributed by atoms with Crippen LogP contribution in [0.1, 0.15) is 29.9 Å². The molecule has 3 N–H and O–H groups in total. The van der Waals surface area contributed by atoms with Crippen LogP contribution in [0.25, 0.3) is 0 Å². The summed E-state index contributed by atoms with van der Waals surface area (Å²) in [6.07, 6.45) is 0.564. The highest BCUT2D eigenvalue weighted by Gasteiger charge is 2.20. The summed E-state index contributed by atoms with van der Waals surface area (Å²) in [5.41, 5.74) is 5.34. The number of hydrogen-bond acceptors (Lipinski definition) is 3. The van der Waals surface area contributed by atoms with Crippen LogP contribution in [0.2, 0.25) is 5.02 Å². The van der Waals surface area contributed by atoms with Crippen LogP contribution >= 0.6 is 27.5 Å². The van der Waals surface area contributed by atoms with Gasteiger partial charge in [0.2, 0.25) is 0 Å². The highest BCUT2D eigenvalue weighted by molar-refractivity contribution is 9.10. The Kier molecular flexibility index (Phi) is 5.37. The number of nitrogens with two attached hydrogens (primary N) is 1. The number of aromatic nitrogens is 2. The zero-order valence-electron chi connectivity index (χ0n) is 11.8. The third-order valence-corrected chi connectivity index (χ3v) is 4.57. The quantitative estimate of drug-likeness (QED) is 0.621. The molecule has 21 heavy (non-hydrogen) atoms. The minimum atomic E-state index is -0.297. The largest absolute Gasteiger partial charge is 0.271 e. The number of hydrogen-bond donors (Lipinski definition) is 2. The van der Waals surface area contributed by atoms with Crippen molar-refractivity contribution in [2.45, 2.75) is 32.9 Å². The lowest BCUT2D eigenvalue weighted by Crippen LogP contribution is -2.30. The first-order valence-electron chi connectivity index (χ1n) is 6.60. The normalized spacial score (nSPS) is 12.7. The minimum Gasteiger partial charge on any atom is -0.271 e. The van der Waals surface area contributed by atoms with Crippen molar-refractivity contribution in [2.75, 3.05) is 0 Å². The van der Waals surface area contributed by atoms with E-state index in [-0.39, 0.29) is 11.9 Å². The van der Waals surface area contributed by atoms with E-state index in [4.69, 9.17) is 17.4 Å². The molecule has 0 saturated carbocycles. The van der Waals surface area contributed by atoms with E-state index in [1.54, 1.807) is 6.07 Å². The Bertz CT molecular complexity index is 644. The van der Waals surface area contributed by atoms with Crippen molar-refractivity contribution in [2.24, 2.45) is 5.84 Å². The number of rotatable bonds is 5. The fourth-order valence-corrected chi connectivity index (χ4v) is 3.14. The molecule has 2 aromatic rings. The number of aryl methyl sites for hydroxylation is 2. The molecule has 1 unspecified atom stereocenters. The SMILES string of the molecule is CCn1nc(C)c(Cl)c1CC(NN)c1ccc(F)cc1Br. The van der Waals surface area contributed by atoms with Crippen LogP contribution in [-0.2, 0) is 13.0 Å². The van der Waals surface area contributed by atoms with Crippen molar-refractivity contribution in [1.82, 2.24) is 15.2 Å². The van der Waals surface area contributed by atoms with Crippen LogP contribution in [-0.4, -0.2) is 9.78 Å². The van der Waals surface area contributed by atoms with Crippen LogP contribution in [0, 0.1) is 12.7 Å². The third kappa shape index (κ3) is 3.45. The first-order chi connectivity index (χ1) is 9.97. The van der Waals surface area contributed by atoms with E-state index in [2.05, 4.69) is 26.5 Å². The van der Waals surface area contributed by atoms with Gasteiger partial charge in [0.15, 0.2) is 0 Å². The van der Waals surface area contributed by atoms with Crippen LogP contribution in [0.3, 0.4) is 0 Å². The summed E-state index contributed by atoms with van der Waals surface area (Å²) in [5, 5.41) is 5.04. The smallest absolute Gasteiger partial charge is 0.124 e. The Balaban J connectivity index is 2.35. The Morgan fingerprint density at radius 2 is 2.24 bits per heavy atom. The Morgan fingerprint density at radius 1 is 1.52 bits per heavy atom. The molecule has 1 atom stereocenters. The van der Waals surface area contributed by atoms with E-state index in [0.717, 1.165) is 23.5 Å². The summed E-state index contributed by atoms with van der Waals surface area (Å²) < 4.78 is 15.7. The predicted octanol–water partition coefficient (Wildman–Crippen LogP) is 3.51. The second-order valence-corrected chi connectivity index (χ2v) is 5.98. The second-order valence-electron chi connectivity index (χ2n) is 4.75. The molecular formula is C14H17BrClFN4. The zero-order chi connectivity index (χ0) is 15.6. The second kappa shape index (κ2) is 6.87. The Hall–Kier alpha value is -0.950. The summed E-state index contributed by atoms with van der Waals surface area (Å²) in [6, 6.07) is 4.34. The van der Waals surface area contributed by atoms with E-state index in [1.165, 1.54) is 12.1 Å². The number of benzene rings is 1. The van der Waals surface area contributed by atoms with Gasteiger partial charge in [0.05, 0.1) is 22.5 Å². The molecule has 0 amide bonds. The van der Waals surface area contributed by atoms with Crippen molar-refractivity contribution >= 4 is 27.5 Å². The highest BCUT2D eigenvalue weighted by atomic mass is 79.9. The number of nitrogens with one attached hydrogen (secondary N) is 1. The molecule has 1 heterocycles. The van der Waals surface area contributed by atoms with Crippen molar-refractivity contribution < 1.29 is 4.39 Å². The molecule has 0 aliphatic carbocycles. The Morgan fingerprint density at radius 3 is 2.81 bits per heavy atom. The lowest BCUT2D eigenvalue weighted by molar-refractivity contribution is 0.514. The Labute approximate surface area is 136 Å². The molecule has 0 saturated heterocycles. The maximum Gasteiger partial charge on any atom is 0.124 e. The minimum absolute atomic E-state index is 0.195. The summed E-state index contributed by atoms with van der Waals surface area (Å²) in [4.78, 5) is 0. The van der Waals surface area contributed by atoms with Crippen LogP contribution < -0.4 is 11.3 Å². The highest BCUT2D eigenvalue weighted by Crippen LogP contribution is 2.29. The molecule has 0 fully saturated rings. The number of halogens is 3. The summed E-state index contributed by atoms with van der Waals surface area (Å²) >= 11 is 9.69. The topological polar surface area (TPSA) is 55.9 Å². The van der Waals surface area contributed by atoms with Gasteiger partial charge < -0.3 is 0 Å². The van der Waals surface area contributed by atoms with Crippen molar-refractivity contribution in [1.29, 1.82) is 0 Å². The molecule has 0 bridgehead atoms. The monoisotopic (exact) mass is 374 g/mol. The van der Waals surface area contributed by atoms with Gasteiger partial charge in [-0.1, -0.05) is 33.6 Å². The fourth-order valence-electron chi connectivity index (χ4n) is 2.30. The van der Waals surface area contributed by atoms with Gasteiger partial charge in [-0.15, -0.1) is 0 Å². The summed E-state index contributed by atoms with van der Waals surface area (Å²) in [7, 11) is 0. The van der Waals surface area contributed by atoms with Gasteiger partial charge in [-0.25, -0.2) is 4.39 Å². The van der Waals surface area contributed by atoms with Gasteiger partial charge in [-0.05, 0) is 31.5 Å². The molecule has 0 aliphatic heterocycles. The molecular weight excluding hydrogens is 359 g/mol. The maximum absolute atomic E-state index is 13.2. The third-order valence-electron chi connectivity index (χ3n) is 3.39. The molecule has 0 radical (unpaired) electrons. The van der Waals surface area contributed by atoms with E-state index < -0.39 is 0 Å². The van der Waals surface area contributed by atoms with E-state index in [9.17, 15) is 4.39 Å². The molecule has 1 aromatic heterocycles. The van der Waals surface area contributed by atoms with Gasteiger partial charge in [-0.3, -0.25) is 16.0 Å². The fraction of sp³-hybridized carbons (Fsp3) is 0.357. The standard InChI is InChI=1S/C14H17BrClFN4/c1-3-21-13(14(16)8(2)20-21)7-12(19-18)10-5-4-9(17)6-11(10)15/h4-6,12,19H,3,7,18H2,1-2H3. The van der Waals surface area contributed by atoms with E-state index in [0.29, 0.717) is 15.9 Å². The summed E-state index contributed by atoms with van der Waals surface area (Å²) in [6.45, 7) is 4.60. The van der Waals surface area contributed by atoms with Crippen molar-refractivity contribution in [3.8, 4) is 0 Å². The maximum atomic E-state index is 13.2. The van der Waals surface area contributed by atoms with Crippen molar-refractivity contribution in [3.63, 3.8) is 0 Å². The average molecular weight is 376 g/mol. The van der Waals surface area contributed by atoms with Crippen molar-refractivity contribution in [3.05, 3.63) is 50.5 Å². The lowest BCUT2D eigenvalue weighted by atomic mass is 10.0. The number of hydrazine groups is 1. The first-order valence-corrected chi connectivity index (χ1v) is 7.77. The van der Waals surface area contributed by atoms with E-state index in [1.807, 2.05) is 18.5 Å². The van der Waals surface area contributed by atoms with Gasteiger partial charge in [0.25, 0.3) is 0 Å². The number of nitrogens with zero attached hydrogens (tertiary/aromatic N) is 2. The van der Waals surface area contributed by atoms with Gasteiger partial charge in [-0.2, -0.15) is 5.10 Å². The summed E-state index contributed by atoms with van der Waals surface area (Å²) in [5.74, 6) is 5.37. The lowest BCUT2D eigenvalue weighted by Gasteiger charge is -2.18. The van der Waals surface area contributed by atoms with Crippen LogP contribution in [0.5, 0.6) is 0 Å². The molecule has 7 heteroatoms. The van der Waals surface area contributed by atoms with E-state index >= 15 is 0 Å². The molecule has 0 spiro atoms. The van der Waals surface area contributed by atoms with Gasteiger partial charge >= 0.3 is 0 Å². The first kappa shape index (κ1) is 16.4. The van der Waals surface area contributed by atoms with Gasteiger partial charge in [0, 0.05) is 17.4 Å². The average Bonchev–Trinajstić information content (AvgIpc) is 2.72.